The zero-order chi connectivity index (χ0) is 17.6. The number of alkyl carbamates (subject to hydrolysis) is 1. The Morgan fingerprint density at radius 1 is 1.35 bits per heavy atom. The van der Waals surface area contributed by atoms with Crippen molar-refractivity contribution < 1.29 is 19.4 Å². The number of hydrogen-bond acceptors (Lipinski definition) is 4. The van der Waals surface area contributed by atoms with Gasteiger partial charge in [-0.05, 0) is 58.2 Å². The van der Waals surface area contributed by atoms with Crippen LogP contribution in [0.5, 0.6) is 0 Å². The Balaban J connectivity index is 2.70. The second-order valence-electron chi connectivity index (χ2n) is 6.70. The van der Waals surface area contributed by atoms with Crippen LogP contribution in [0.3, 0.4) is 0 Å². The van der Waals surface area contributed by atoms with Crippen LogP contribution in [0, 0.1) is 6.92 Å². The van der Waals surface area contributed by atoms with Gasteiger partial charge in [0.05, 0.1) is 18.8 Å². The molecule has 0 bridgehead atoms. The molecule has 1 amide bonds. The second-order valence-corrected chi connectivity index (χ2v) is 6.70. The second kappa shape index (κ2) is 8.31. The molecule has 23 heavy (non-hydrogen) atoms. The van der Waals surface area contributed by atoms with E-state index in [1.165, 1.54) is 0 Å². The minimum absolute atomic E-state index is 0.456. The van der Waals surface area contributed by atoms with Crippen LogP contribution in [0.4, 0.5) is 4.79 Å². The number of benzene rings is 1. The Kier molecular flexibility index (Phi) is 7.03. The van der Waals surface area contributed by atoms with Gasteiger partial charge in [0.2, 0.25) is 0 Å². The van der Waals surface area contributed by atoms with Crippen LogP contribution in [0.15, 0.2) is 18.2 Å². The molecule has 0 spiro atoms. The highest BCUT2D eigenvalue weighted by Crippen LogP contribution is 2.21. The summed E-state index contributed by atoms with van der Waals surface area (Å²) >= 11 is 0. The van der Waals surface area contributed by atoms with E-state index in [0.29, 0.717) is 13.2 Å². The Bertz CT molecular complexity index is 522. The van der Waals surface area contributed by atoms with Crippen molar-refractivity contribution in [3.05, 3.63) is 34.9 Å². The van der Waals surface area contributed by atoms with E-state index in [1.807, 2.05) is 32.0 Å². The molecule has 1 rings (SSSR count). The first kappa shape index (κ1) is 19.5. The van der Waals surface area contributed by atoms with Gasteiger partial charge < -0.3 is 19.9 Å². The molecule has 1 aromatic carbocycles. The van der Waals surface area contributed by atoms with Crippen LogP contribution in [-0.4, -0.2) is 29.4 Å². The predicted octanol–water partition coefficient (Wildman–Crippen LogP) is 3.48. The Hall–Kier alpha value is -1.59. The molecular weight excluding hydrogens is 294 g/mol. The fraction of sp³-hybridized carbons (Fsp3) is 0.611. The molecule has 0 fully saturated rings. The maximum Gasteiger partial charge on any atom is 0.407 e. The highest BCUT2D eigenvalue weighted by Gasteiger charge is 2.22. The summed E-state index contributed by atoms with van der Waals surface area (Å²) in [5, 5.41) is 13.1. The number of rotatable bonds is 6. The Morgan fingerprint density at radius 3 is 2.52 bits per heavy atom. The van der Waals surface area contributed by atoms with E-state index in [2.05, 4.69) is 5.32 Å². The molecule has 0 aliphatic heterocycles. The molecule has 0 saturated heterocycles. The summed E-state index contributed by atoms with van der Waals surface area (Å²) in [7, 11) is 0. The Labute approximate surface area is 139 Å². The van der Waals surface area contributed by atoms with Crippen LogP contribution in [0.2, 0.25) is 0 Å². The molecule has 5 nitrogen and oxygen atoms in total. The van der Waals surface area contributed by atoms with Gasteiger partial charge >= 0.3 is 6.09 Å². The SMILES string of the molecule is CCOCc1ccc([C@@H](O)C(C)NC(=O)OC(C)(C)C)cc1C. The number of carbonyl (C=O) groups is 1. The van der Waals surface area contributed by atoms with Crippen LogP contribution in [0.25, 0.3) is 0 Å². The number of aliphatic hydroxyl groups is 1. The van der Waals surface area contributed by atoms with Gasteiger partial charge in [-0.15, -0.1) is 0 Å². The van der Waals surface area contributed by atoms with Crippen LogP contribution in [-0.2, 0) is 16.1 Å². The number of amides is 1. The van der Waals surface area contributed by atoms with Gasteiger partial charge in [-0.1, -0.05) is 18.2 Å². The molecule has 0 heterocycles. The lowest BCUT2D eigenvalue weighted by molar-refractivity contribution is 0.0435. The minimum Gasteiger partial charge on any atom is -0.444 e. The van der Waals surface area contributed by atoms with Crippen molar-refractivity contribution in [1.82, 2.24) is 5.32 Å². The third-order valence-electron chi connectivity index (χ3n) is 3.39. The van der Waals surface area contributed by atoms with E-state index in [-0.39, 0.29) is 0 Å². The van der Waals surface area contributed by atoms with E-state index >= 15 is 0 Å². The summed E-state index contributed by atoms with van der Waals surface area (Å²) in [5.41, 5.74) is 2.34. The lowest BCUT2D eigenvalue weighted by Gasteiger charge is -2.25. The average Bonchev–Trinajstić information content (AvgIpc) is 2.42. The van der Waals surface area contributed by atoms with Crippen LogP contribution in [0.1, 0.15) is 57.4 Å². The van der Waals surface area contributed by atoms with Gasteiger partial charge in [-0.3, -0.25) is 0 Å². The molecule has 1 unspecified atom stereocenters. The number of hydrogen-bond donors (Lipinski definition) is 2. The smallest absolute Gasteiger partial charge is 0.407 e. The molecule has 1 aromatic rings. The fourth-order valence-electron chi connectivity index (χ4n) is 2.14. The van der Waals surface area contributed by atoms with Crippen molar-refractivity contribution >= 4 is 6.09 Å². The minimum atomic E-state index is -0.803. The summed E-state index contributed by atoms with van der Waals surface area (Å²) in [6.07, 6.45) is -1.34. The molecule has 2 atom stereocenters. The third kappa shape index (κ3) is 6.59. The quantitative estimate of drug-likeness (QED) is 0.841. The molecule has 0 aliphatic rings. The molecule has 0 aromatic heterocycles. The fourth-order valence-corrected chi connectivity index (χ4v) is 2.14. The van der Waals surface area contributed by atoms with Crippen molar-refractivity contribution in [2.24, 2.45) is 0 Å². The number of nitrogens with one attached hydrogen (secondary N) is 1. The van der Waals surface area contributed by atoms with Crippen LogP contribution >= 0.6 is 0 Å². The van der Waals surface area contributed by atoms with E-state index < -0.39 is 23.8 Å². The average molecular weight is 323 g/mol. The van der Waals surface area contributed by atoms with E-state index in [4.69, 9.17) is 9.47 Å². The largest absolute Gasteiger partial charge is 0.444 e. The maximum absolute atomic E-state index is 11.8. The van der Waals surface area contributed by atoms with Gasteiger partial charge in [0.25, 0.3) is 0 Å². The highest BCUT2D eigenvalue weighted by atomic mass is 16.6. The number of carbonyl (C=O) groups excluding carboxylic acids is 1. The summed E-state index contributed by atoms with van der Waals surface area (Å²) in [5.74, 6) is 0. The van der Waals surface area contributed by atoms with Crippen molar-refractivity contribution in [2.45, 2.75) is 65.9 Å². The van der Waals surface area contributed by atoms with Gasteiger partial charge in [0.15, 0.2) is 0 Å². The molecular formula is C18H29NO4. The van der Waals surface area contributed by atoms with Gasteiger partial charge in [0, 0.05) is 6.61 Å². The Morgan fingerprint density at radius 2 is 2.00 bits per heavy atom. The van der Waals surface area contributed by atoms with Crippen molar-refractivity contribution in [3.63, 3.8) is 0 Å². The third-order valence-corrected chi connectivity index (χ3v) is 3.39. The summed E-state index contributed by atoms with van der Waals surface area (Å²) in [6.45, 7) is 12.3. The van der Waals surface area contributed by atoms with E-state index in [9.17, 15) is 9.90 Å². The normalized spacial score (nSPS) is 14.2. The van der Waals surface area contributed by atoms with Crippen molar-refractivity contribution in [3.8, 4) is 0 Å². The monoisotopic (exact) mass is 323 g/mol. The first-order chi connectivity index (χ1) is 10.6. The number of aliphatic hydroxyl groups excluding tert-OH is 1. The number of ether oxygens (including phenoxy) is 2. The maximum atomic E-state index is 11.8. The van der Waals surface area contributed by atoms with Crippen molar-refractivity contribution in [2.75, 3.05) is 6.61 Å². The predicted molar refractivity (Wildman–Crippen MR) is 90.3 cm³/mol. The zero-order valence-corrected chi connectivity index (χ0v) is 15.0. The summed E-state index contributed by atoms with van der Waals surface area (Å²) in [4.78, 5) is 11.8. The topological polar surface area (TPSA) is 67.8 Å². The first-order valence-corrected chi connectivity index (χ1v) is 7.98. The van der Waals surface area contributed by atoms with Gasteiger partial charge in [-0.25, -0.2) is 4.79 Å². The van der Waals surface area contributed by atoms with E-state index in [0.717, 1.165) is 16.7 Å². The number of aryl methyl sites for hydroxylation is 1. The lowest BCUT2D eigenvalue weighted by Crippen LogP contribution is -2.40. The van der Waals surface area contributed by atoms with Crippen LogP contribution < -0.4 is 5.32 Å². The highest BCUT2D eigenvalue weighted by molar-refractivity contribution is 5.68. The molecule has 5 heteroatoms. The molecule has 0 aliphatic carbocycles. The van der Waals surface area contributed by atoms with Crippen molar-refractivity contribution in [1.29, 1.82) is 0 Å². The standard InChI is InChI=1S/C18H29NO4/c1-7-22-11-15-9-8-14(10-12(15)2)16(20)13(3)19-17(21)23-18(4,5)6/h8-10,13,16,20H,7,11H2,1-6H3,(H,19,21)/t13?,16-/m0/s1. The molecule has 0 radical (unpaired) electrons. The molecule has 0 saturated carbocycles. The molecule has 130 valence electrons. The summed E-state index contributed by atoms with van der Waals surface area (Å²) in [6, 6.07) is 5.27. The first-order valence-electron chi connectivity index (χ1n) is 7.98. The van der Waals surface area contributed by atoms with E-state index in [1.54, 1.807) is 27.7 Å². The van der Waals surface area contributed by atoms with Gasteiger partial charge in [0.1, 0.15) is 5.60 Å². The van der Waals surface area contributed by atoms with Gasteiger partial charge in [-0.2, -0.15) is 0 Å². The lowest BCUT2D eigenvalue weighted by atomic mass is 9.99. The molecule has 2 N–H and O–H groups in total. The summed E-state index contributed by atoms with van der Waals surface area (Å²) < 4.78 is 10.6. The zero-order valence-electron chi connectivity index (χ0n) is 15.0.